The SMILES string of the molecule is NC(=O)C1CC(O)C(C(=O)N2CCN(c3ccccc3)CC2)C(O)C1. The highest BCUT2D eigenvalue weighted by atomic mass is 16.3. The van der Waals surface area contributed by atoms with E-state index in [0.717, 1.165) is 5.69 Å². The van der Waals surface area contributed by atoms with Gasteiger partial charge in [-0.3, -0.25) is 9.59 Å². The first kappa shape index (κ1) is 17.7. The number of hydrogen-bond acceptors (Lipinski definition) is 5. The number of anilines is 1. The van der Waals surface area contributed by atoms with E-state index < -0.39 is 30.0 Å². The highest BCUT2D eigenvalue weighted by Crippen LogP contribution is 2.31. The molecule has 0 spiro atoms. The third-order valence-corrected chi connectivity index (χ3v) is 5.28. The van der Waals surface area contributed by atoms with Gasteiger partial charge in [0.25, 0.3) is 0 Å². The van der Waals surface area contributed by atoms with Gasteiger partial charge in [-0.15, -0.1) is 0 Å². The number of hydrogen-bond donors (Lipinski definition) is 3. The topological polar surface area (TPSA) is 107 Å². The Morgan fingerprint density at radius 1 is 0.960 bits per heavy atom. The number of primary amides is 1. The first-order chi connectivity index (χ1) is 12.0. The summed E-state index contributed by atoms with van der Waals surface area (Å²) in [6.45, 7) is 2.50. The molecule has 25 heavy (non-hydrogen) atoms. The Morgan fingerprint density at radius 3 is 2.04 bits per heavy atom. The van der Waals surface area contributed by atoms with E-state index in [-0.39, 0.29) is 18.7 Å². The molecule has 1 aliphatic carbocycles. The number of amides is 2. The third-order valence-electron chi connectivity index (χ3n) is 5.28. The minimum atomic E-state index is -1.04. The maximum Gasteiger partial charge on any atom is 0.231 e. The Bertz CT molecular complexity index is 604. The van der Waals surface area contributed by atoms with Crippen molar-refractivity contribution >= 4 is 17.5 Å². The molecular weight excluding hydrogens is 322 g/mol. The summed E-state index contributed by atoms with van der Waals surface area (Å²) in [7, 11) is 0. The summed E-state index contributed by atoms with van der Waals surface area (Å²) in [5.74, 6) is -2.24. The Kier molecular flexibility index (Phi) is 5.24. The van der Waals surface area contributed by atoms with Crippen molar-refractivity contribution in [3.63, 3.8) is 0 Å². The molecule has 0 radical (unpaired) electrons. The molecule has 0 aromatic heterocycles. The first-order valence-corrected chi connectivity index (χ1v) is 8.71. The standard InChI is InChI=1S/C18H25N3O4/c19-17(24)12-10-14(22)16(15(23)11-12)18(25)21-8-6-20(7-9-21)13-4-2-1-3-5-13/h1-5,12,14-16,22-23H,6-11H2,(H2,19,24). The van der Waals surface area contributed by atoms with Crippen molar-refractivity contribution in [1.29, 1.82) is 0 Å². The van der Waals surface area contributed by atoms with Gasteiger partial charge in [0, 0.05) is 37.8 Å². The van der Waals surface area contributed by atoms with Crippen LogP contribution in [0, 0.1) is 11.8 Å². The largest absolute Gasteiger partial charge is 0.392 e. The van der Waals surface area contributed by atoms with Gasteiger partial charge < -0.3 is 25.7 Å². The summed E-state index contributed by atoms with van der Waals surface area (Å²) >= 11 is 0. The zero-order chi connectivity index (χ0) is 18.0. The molecule has 2 unspecified atom stereocenters. The Labute approximate surface area is 147 Å². The average Bonchev–Trinajstić information content (AvgIpc) is 2.61. The van der Waals surface area contributed by atoms with Crippen molar-refractivity contribution in [3.05, 3.63) is 30.3 Å². The van der Waals surface area contributed by atoms with Gasteiger partial charge in [0.2, 0.25) is 11.8 Å². The minimum absolute atomic E-state index is 0.132. The molecule has 2 aliphatic rings. The zero-order valence-electron chi connectivity index (χ0n) is 14.1. The van der Waals surface area contributed by atoms with E-state index in [1.165, 1.54) is 0 Å². The smallest absolute Gasteiger partial charge is 0.231 e. The second-order valence-corrected chi connectivity index (χ2v) is 6.88. The van der Waals surface area contributed by atoms with Gasteiger partial charge in [-0.2, -0.15) is 0 Å². The van der Waals surface area contributed by atoms with E-state index in [0.29, 0.717) is 26.2 Å². The Hall–Kier alpha value is -2.12. The van der Waals surface area contributed by atoms with E-state index in [1.807, 2.05) is 30.3 Å². The molecule has 3 rings (SSSR count). The predicted octanol–water partition coefficient (Wildman–Crippen LogP) is -0.431. The lowest BCUT2D eigenvalue weighted by Crippen LogP contribution is -2.56. The number of nitrogens with two attached hydrogens (primary N) is 1. The lowest BCUT2D eigenvalue weighted by molar-refractivity contribution is -0.152. The van der Waals surface area contributed by atoms with Crippen LogP contribution in [0.5, 0.6) is 0 Å². The van der Waals surface area contributed by atoms with Gasteiger partial charge in [0.05, 0.1) is 18.1 Å². The molecule has 1 saturated carbocycles. The number of nitrogens with zero attached hydrogens (tertiary/aromatic N) is 2. The molecule has 1 saturated heterocycles. The van der Waals surface area contributed by atoms with Gasteiger partial charge in [-0.05, 0) is 25.0 Å². The Morgan fingerprint density at radius 2 is 1.52 bits per heavy atom. The van der Waals surface area contributed by atoms with Crippen molar-refractivity contribution in [2.45, 2.75) is 25.0 Å². The number of piperazine rings is 1. The summed E-state index contributed by atoms with van der Waals surface area (Å²) < 4.78 is 0. The fourth-order valence-corrected chi connectivity index (χ4v) is 3.83. The molecule has 2 fully saturated rings. The van der Waals surface area contributed by atoms with Gasteiger partial charge in [-0.1, -0.05) is 18.2 Å². The molecule has 2 atom stereocenters. The molecule has 1 aliphatic heterocycles. The van der Waals surface area contributed by atoms with Crippen molar-refractivity contribution < 1.29 is 19.8 Å². The van der Waals surface area contributed by atoms with Crippen molar-refractivity contribution in [2.75, 3.05) is 31.1 Å². The van der Waals surface area contributed by atoms with E-state index in [4.69, 9.17) is 5.73 Å². The van der Waals surface area contributed by atoms with Crippen LogP contribution in [0.25, 0.3) is 0 Å². The van der Waals surface area contributed by atoms with Crippen LogP contribution in [-0.2, 0) is 9.59 Å². The Balaban J connectivity index is 1.60. The lowest BCUT2D eigenvalue weighted by Gasteiger charge is -2.41. The molecule has 7 nitrogen and oxygen atoms in total. The summed E-state index contributed by atoms with van der Waals surface area (Å²) in [6, 6.07) is 10.0. The van der Waals surface area contributed by atoms with Gasteiger partial charge in [-0.25, -0.2) is 0 Å². The molecule has 4 N–H and O–H groups in total. The highest BCUT2D eigenvalue weighted by molar-refractivity contribution is 5.82. The highest BCUT2D eigenvalue weighted by Gasteiger charge is 2.44. The summed E-state index contributed by atoms with van der Waals surface area (Å²) in [5.41, 5.74) is 6.39. The summed E-state index contributed by atoms with van der Waals surface area (Å²) in [4.78, 5) is 28.0. The maximum absolute atomic E-state index is 12.8. The average molecular weight is 347 g/mol. The fraction of sp³-hybridized carbons (Fsp3) is 0.556. The van der Waals surface area contributed by atoms with Crippen molar-refractivity contribution in [2.24, 2.45) is 17.6 Å². The molecule has 1 aromatic rings. The third kappa shape index (κ3) is 3.77. The number of carbonyl (C=O) groups is 2. The van der Waals surface area contributed by atoms with Gasteiger partial charge >= 0.3 is 0 Å². The number of aliphatic hydroxyl groups excluding tert-OH is 2. The van der Waals surface area contributed by atoms with E-state index in [9.17, 15) is 19.8 Å². The van der Waals surface area contributed by atoms with E-state index in [2.05, 4.69) is 4.90 Å². The molecule has 1 aromatic carbocycles. The number of benzene rings is 1. The second kappa shape index (κ2) is 7.41. The maximum atomic E-state index is 12.8. The van der Waals surface area contributed by atoms with Crippen LogP contribution >= 0.6 is 0 Å². The zero-order valence-corrected chi connectivity index (χ0v) is 14.1. The van der Waals surface area contributed by atoms with Crippen LogP contribution in [-0.4, -0.2) is 65.3 Å². The molecule has 136 valence electrons. The van der Waals surface area contributed by atoms with Crippen LogP contribution in [0.15, 0.2) is 30.3 Å². The number of rotatable bonds is 3. The number of aliphatic hydroxyl groups is 2. The van der Waals surface area contributed by atoms with E-state index in [1.54, 1.807) is 4.90 Å². The number of para-hydroxylation sites is 1. The molecule has 7 heteroatoms. The minimum Gasteiger partial charge on any atom is -0.392 e. The van der Waals surface area contributed by atoms with Crippen LogP contribution in [0.1, 0.15) is 12.8 Å². The lowest BCUT2D eigenvalue weighted by atomic mass is 9.76. The monoisotopic (exact) mass is 347 g/mol. The van der Waals surface area contributed by atoms with E-state index >= 15 is 0 Å². The van der Waals surface area contributed by atoms with Crippen LogP contribution in [0.4, 0.5) is 5.69 Å². The molecule has 0 bridgehead atoms. The normalized spacial score (nSPS) is 30.2. The van der Waals surface area contributed by atoms with Crippen LogP contribution in [0.2, 0.25) is 0 Å². The number of carbonyl (C=O) groups excluding carboxylic acids is 2. The quantitative estimate of drug-likeness (QED) is 0.688. The van der Waals surface area contributed by atoms with Gasteiger partial charge in [0.1, 0.15) is 0 Å². The van der Waals surface area contributed by atoms with Crippen molar-refractivity contribution in [3.8, 4) is 0 Å². The molecule has 2 amide bonds. The van der Waals surface area contributed by atoms with Crippen LogP contribution < -0.4 is 10.6 Å². The summed E-state index contributed by atoms with van der Waals surface area (Å²) in [6.07, 6.45) is -1.82. The molecule has 1 heterocycles. The molecular formula is C18H25N3O4. The first-order valence-electron chi connectivity index (χ1n) is 8.71. The predicted molar refractivity (Wildman–Crippen MR) is 92.7 cm³/mol. The second-order valence-electron chi connectivity index (χ2n) is 6.88. The summed E-state index contributed by atoms with van der Waals surface area (Å²) in [5, 5.41) is 20.5. The van der Waals surface area contributed by atoms with Gasteiger partial charge in [0.15, 0.2) is 0 Å². The fourth-order valence-electron chi connectivity index (χ4n) is 3.83. The van der Waals surface area contributed by atoms with Crippen molar-refractivity contribution in [1.82, 2.24) is 4.90 Å². The van der Waals surface area contributed by atoms with Crippen LogP contribution in [0.3, 0.4) is 0 Å².